The second kappa shape index (κ2) is 8.43. The fraction of sp³-hybridized carbons (Fsp3) is 0.867. The number of rotatable bonds is 6. The van der Waals surface area contributed by atoms with Crippen LogP contribution in [0.1, 0.15) is 99.8 Å². The number of fused-ring (bicyclic) bond motifs is 5. The maximum absolute atomic E-state index is 10.8. The van der Waals surface area contributed by atoms with E-state index < -0.39 is 18.3 Å². The van der Waals surface area contributed by atoms with Crippen LogP contribution in [0.25, 0.3) is 0 Å². The molecule has 0 radical (unpaired) electrons. The van der Waals surface area contributed by atoms with Crippen LogP contribution in [0.5, 0.6) is 0 Å². The van der Waals surface area contributed by atoms with E-state index in [-0.39, 0.29) is 27.8 Å². The molecular formula is C30H50O4. The van der Waals surface area contributed by atoms with Crippen LogP contribution in [0.3, 0.4) is 0 Å². The van der Waals surface area contributed by atoms with Crippen LogP contribution in [-0.4, -0.2) is 44.8 Å². The molecule has 0 aromatic carbocycles. The van der Waals surface area contributed by atoms with Gasteiger partial charge in [-0.1, -0.05) is 53.7 Å². The Morgan fingerprint density at radius 1 is 1.03 bits per heavy atom. The lowest BCUT2D eigenvalue weighted by Gasteiger charge is -2.61. The lowest BCUT2D eigenvalue weighted by Crippen LogP contribution is -2.54. The number of hydrogen-bond acceptors (Lipinski definition) is 4. The van der Waals surface area contributed by atoms with Gasteiger partial charge in [-0.15, -0.1) is 0 Å². The van der Waals surface area contributed by atoms with Crippen LogP contribution >= 0.6 is 0 Å². The number of aliphatic hydroxyl groups excluding tert-OH is 3. The summed E-state index contributed by atoms with van der Waals surface area (Å²) < 4.78 is 0. The van der Waals surface area contributed by atoms with Gasteiger partial charge in [0.15, 0.2) is 0 Å². The predicted molar refractivity (Wildman–Crippen MR) is 137 cm³/mol. The van der Waals surface area contributed by atoms with Crippen molar-refractivity contribution < 1.29 is 20.4 Å². The first-order valence-electron chi connectivity index (χ1n) is 13.8. The number of hydrogen-bond donors (Lipinski definition) is 4. The van der Waals surface area contributed by atoms with Gasteiger partial charge in [0.05, 0.1) is 18.8 Å². The summed E-state index contributed by atoms with van der Waals surface area (Å²) in [6.07, 6.45) is 11.9. The second-order valence-electron chi connectivity index (χ2n) is 14.0. The summed E-state index contributed by atoms with van der Waals surface area (Å²) in [5, 5.41) is 40.8. The van der Waals surface area contributed by atoms with E-state index in [9.17, 15) is 20.4 Å². The van der Waals surface area contributed by atoms with E-state index in [2.05, 4.69) is 53.7 Å². The van der Waals surface area contributed by atoms with Crippen molar-refractivity contribution >= 4 is 0 Å². The van der Waals surface area contributed by atoms with Gasteiger partial charge in [-0.2, -0.15) is 0 Å². The predicted octanol–water partition coefficient (Wildman–Crippen LogP) is 5.39. The standard InChI is InChI=1S/C30H50O4/c1-19(8-11-25(33)30(7,34)18-31)20-12-16-29(6)22-9-10-23-26(2,3)24(32)14-15-27(23,4)21(22)13-17-28(20,29)5/h9,13,19-20,23-25,31-34H,8,10-12,14-18H2,1-7H3/t19-,20-,23+,24+,25+,27-,28-,29+,30?/m1/s1. The van der Waals surface area contributed by atoms with Gasteiger partial charge in [-0.3, -0.25) is 0 Å². The highest BCUT2D eigenvalue weighted by molar-refractivity contribution is 5.49. The quantitative estimate of drug-likeness (QED) is 0.416. The van der Waals surface area contributed by atoms with Gasteiger partial charge in [0.2, 0.25) is 0 Å². The van der Waals surface area contributed by atoms with E-state index in [0.717, 1.165) is 32.1 Å². The molecular weight excluding hydrogens is 424 g/mol. The average Bonchev–Trinajstić information content (AvgIpc) is 3.06. The highest BCUT2D eigenvalue weighted by Gasteiger charge is 2.63. The molecule has 0 saturated heterocycles. The summed E-state index contributed by atoms with van der Waals surface area (Å²) in [5.41, 5.74) is 2.13. The van der Waals surface area contributed by atoms with Crippen molar-refractivity contribution in [2.45, 2.75) is 118 Å². The zero-order chi connectivity index (χ0) is 25.3. The summed E-state index contributed by atoms with van der Waals surface area (Å²) in [5.74, 6) is 1.49. The SMILES string of the molecule is C[C@H](CC[C@H](O)C(C)(O)CO)[C@H]1CC[C@@]2(C)C3=CC[C@H]4C(C)(C)[C@@H](O)CC[C@]4(C)C3=CC[C@]12C. The zero-order valence-corrected chi connectivity index (χ0v) is 22.7. The van der Waals surface area contributed by atoms with Crippen LogP contribution in [-0.2, 0) is 0 Å². The van der Waals surface area contributed by atoms with Crippen molar-refractivity contribution in [1.82, 2.24) is 0 Å². The summed E-state index contributed by atoms with van der Waals surface area (Å²) in [4.78, 5) is 0. The van der Waals surface area contributed by atoms with E-state index in [1.165, 1.54) is 19.8 Å². The van der Waals surface area contributed by atoms with Gasteiger partial charge >= 0.3 is 0 Å². The maximum Gasteiger partial charge on any atom is 0.111 e. The van der Waals surface area contributed by atoms with Gasteiger partial charge in [0.25, 0.3) is 0 Å². The van der Waals surface area contributed by atoms with Crippen LogP contribution in [0.4, 0.5) is 0 Å². The molecule has 0 aromatic heterocycles. The Balaban J connectivity index is 1.59. The monoisotopic (exact) mass is 474 g/mol. The van der Waals surface area contributed by atoms with Crippen LogP contribution < -0.4 is 0 Å². The second-order valence-corrected chi connectivity index (χ2v) is 14.0. The third-order valence-electron chi connectivity index (χ3n) is 11.9. The normalized spacial score (nSPS) is 44.6. The number of aliphatic hydroxyl groups is 4. The smallest absolute Gasteiger partial charge is 0.111 e. The summed E-state index contributed by atoms with van der Waals surface area (Å²) >= 11 is 0. The van der Waals surface area contributed by atoms with Crippen LogP contribution in [0.15, 0.2) is 23.3 Å². The summed E-state index contributed by atoms with van der Waals surface area (Å²) in [6.45, 7) is 15.4. The first-order valence-corrected chi connectivity index (χ1v) is 13.8. The Bertz CT molecular complexity index is 856. The van der Waals surface area contributed by atoms with Gasteiger partial charge in [0.1, 0.15) is 5.60 Å². The molecule has 0 bridgehead atoms. The number of allylic oxidation sites excluding steroid dienone is 4. The van der Waals surface area contributed by atoms with Crippen molar-refractivity contribution in [2.24, 2.45) is 39.4 Å². The van der Waals surface area contributed by atoms with Gasteiger partial charge in [0, 0.05) is 0 Å². The summed E-state index contributed by atoms with van der Waals surface area (Å²) in [7, 11) is 0. The first kappa shape index (κ1) is 26.4. The molecule has 4 nitrogen and oxygen atoms in total. The molecule has 0 spiro atoms. The minimum Gasteiger partial charge on any atom is -0.393 e. The van der Waals surface area contributed by atoms with E-state index in [0.29, 0.717) is 24.2 Å². The van der Waals surface area contributed by atoms with Crippen molar-refractivity contribution in [2.75, 3.05) is 6.61 Å². The minimum absolute atomic E-state index is 0.0686. The largest absolute Gasteiger partial charge is 0.393 e. The molecule has 9 atom stereocenters. The molecule has 0 amide bonds. The Hall–Kier alpha value is -0.680. The molecule has 0 aliphatic heterocycles. The van der Waals surface area contributed by atoms with Gasteiger partial charge in [-0.05, 0) is 109 Å². The molecule has 194 valence electrons. The molecule has 4 aliphatic carbocycles. The van der Waals surface area contributed by atoms with Gasteiger partial charge in [-0.25, -0.2) is 0 Å². The van der Waals surface area contributed by atoms with E-state index in [4.69, 9.17) is 0 Å². The third kappa shape index (κ3) is 3.61. The highest BCUT2D eigenvalue weighted by Crippen LogP contribution is 2.71. The molecule has 2 saturated carbocycles. The molecule has 1 unspecified atom stereocenters. The van der Waals surface area contributed by atoms with Crippen molar-refractivity contribution in [1.29, 1.82) is 0 Å². The lowest BCUT2D eigenvalue weighted by molar-refractivity contribution is -0.0974. The fourth-order valence-electron chi connectivity index (χ4n) is 8.98. The molecule has 2 fully saturated rings. The molecule has 0 heterocycles. The minimum atomic E-state index is -1.43. The van der Waals surface area contributed by atoms with Crippen molar-refractivity contribution in [3.63, 3.8) is 0 Å². The molecule has 34 heavy (non-hydrogen) atoms. The lowest BCUT2D eigenvalue weighted by atomic mass is 9.44. The Kier molecular flexibility index (Phi) is 6.54. The van der Waals surface area contributed by atoms with E-state index >= 15 is 0 Å². The van der Waals surface area contributed by atoms with E-state index in [1.807, 2.05) is 0 Å². The molecule has 4 N–H and O–H groups in total. The summed E-state index contributed by atoms with van der Waals surface area (Å²) in [6, 6.07) is 0. The van der Waals surface area contributed by atoms with Crippen LogP contribution in [0.2, 0.25) is 0 Å². The van der Waals surface area contributed by atoms with Crippen molar-refractivity contribution in [3.05, 3.63) is 23.3 Å². The first-order chi connectivity index (χ1) is 15.6. The Morgan fingerprint density at radius 3 is 2.35 bits per heavy atom. The average molecular weight is 475 g/mol. The topological polar surface area (TPSA) is 80.9 Å². The fourth-order valence-corrected chi connectivity index (χ4v) is 8.98. The third-order valence-corrected chi connectivity index (χ3v) is 11.9. The maximum atomic E-state index is 10.8. The Morgan fingerprint density at radius 2 is 1.71 bits per heavy atom. The zero-order valence-electron chi connectivity index (χ0n) is 22.7. The highest BCUT2D eigenvalue weighted by atomic mass is 16.4. The molecule has 4 aliphatic rings. The van der Waals surface area contributed by atoms with E-state index in [1.54, 1.807) is 11.1 Å². The van der Waals surface area contributed by atoms with Crippen molar-refractivity contribution in [3.8, 4) is 0 Å². The molecule has 4 rings (SSSR count). The molecule has 0 aromatic rings. The van der Waals surface area contributed by atoms with Gasteiger partial charge < -0.3 is 20.4 Å². The van der Waals surface area contributed by atoms with Crippen LogP contribution in [0, 0.1) is 39.4 Å². The Labute approximate surface area is 207 Å². The molecule has 4 heteroatoms.